The van der Waals surface area contributed by atoms with Crippen LogP contribution >= 0.6 is 0 Å². The molecule has 0 aliphatic heterocycles. The fraction of sp³-hybridized carbons (Fsp3) is 0.588. The Morgan fingerprint density at radius 2 is 2.00 bits per heavy atom. The van der Waals surface area contributed by atoms with Crippen molar-refractivity contribution in [2.24, 2.45) is 10.9 Å². The zero-order valence-electron chi connectivity index (χ0n) is 14.2. The van der Waals surface area contributed by atoms with Gasteiger partial charge in [0, 0.05) is 19.6 Å². The van der Waals surface area contributed by atoms with Gasteiger partial charge in [-0.1, -0.05) is 26.0 Å². The van der Waals surface area contributed by atoms with Gasteiger partial charge in [-0.15, -0.1) is 0 Å². The molecule has 0 amide bonds. The van der Waals surface area contributed by atoms with Gasteiger partial charge in [-0.05, 0) is 43.9 Å². The van der Waals surface area contributed by atoms with Gasteiger partial charge < -0.3 is 15.4 Å². The van der Waals surface area contributed by atoms with Gasteiger partial charge in [0.25, 0.3) is 0 Å². The number of ether oxygens (including phenoxy) is 1. The SMILES string of the molecule is CCOc1ccc(CNC(=NC)NC(C)C(C)C)cc1C. The van der Waals surface area contributed by atoms with Crippen LogP contribution < -0.4 is 15.4 Å². The lowest BCUT2D eigenvalue weighted by Crippen LogP contribution is -2.43. The van der Waals surface area contributed by atoms with Gasteiger partial charge in [0.1, 0.15) is 5.75 Å². The van der Waals surface area contributed by atoms with E-state index in [9.17, 15) is 0 Å². The van der Waals surface area contributed by atoms with Crippen LogP contribution in [0.2, 0.25) is 0 Å². The van der Waals surface area contributed by atoms with Gasteiger partial charge in [-0.2, -0.15) is 0 Å². The van der Waals surface area contributed by atoms with Crippen LogP contribution in [0.5, 0.6) is 5.75 Å². The molecule has 0 radical (unpaired) electrons. The zero-order chi connectivity index (χ0) is 15.8. The molecule has 1 rings (SSSR count). The second-order valence-corrected chi connectivity index (χ2v) is 5.64. The summed E-state index contributed by atoms with van der Waals surface area (Å²) >= 11 is 0. The van der Waals surface area contributed by atoms with E-state index in [4.69, 9.17) is 4.74 Å². The van der Waals surface area contributed by atoms with Crippen molar-refractivity contribution in [3.8, 4) is 5.75 Å². The molecular formula is C17H29N3O. The Morgan fingerprint density at radius 1 is 1.29 bits per heavy atom. The summed E-state index contributed by atoms with van der Waals surface area (Å²) in [6.07, 6.45) is 0. The fourth-order valence-electron chi connectivity index (χ4n) is 1.90. The monoisotopic (exact) mass is 291 g/mol. The highest BCUT2D eigenvalue weighted by Gasteiger charge is 2.09. The Bertz CT molecular complexity index is 469. The van der Waals surface area contributed by atoms with E-state index in [1.165, 1.54) is 5.56 Å². The van der Waals surface area contributed by atoms with Crippen molar-refractivity contribution in [2.75, 3.05) is 13.7 Å². The first-order valence-electron chi connectivity index (χ1n) is 7.67. The summed E-state index contributed by atoms with van der Waals surface area (Å²) < 4.78 is 5.56. The maximum Gasteiger partial charge on any atom is 0.191 e. The smallest absolute Gasteiger partial charge is 0.191 e. The van der Waals surface area contributed by atoms with Crippen molar-refractivity contribution in [1.82, 2.24) is 10.6 Å². The highest BCUT2D eigenvalue weighted by Crippen LogP contribution is 2.18. The second kappa shape index (κ2) is 8.55. The normalized spacial score (nSPS) is 13.2. The molecule has 0 fully saturated rings. The predicted molar refractivity (Wildman–Crippen MR) is 90.0 cm³/mol. The van der Waals surface area contributed by atoms with Gasteiger partial charge in [-0.3, -0.25) is 4.99 Å². The number of aryl methyl sites for hydroxylation is 1. The molecule has 118 valence electrons. The van der Waals surface area contributed by atoms with Crippen LogP contribution in [0.3, 0.4) is 0 Å². The number of guanidine groups is 1. The van der Waals surface area contributed by atoms with Crippen molar-refractivity contribution in [3.63, 3.8) is 0 Å². The number of hydrogen-bond donors (Lipinski definition) is 2. The Hall–Kier alpha value is -1.71. The van der Waals surface area contributed by atoms with Crippen LogP contribution in [-0.4, -0.2) is 25.7 Å². The van der Waals surface area contributed by atoms with Gasteiger partial charge in [0.05, 0.1) is 6.61 Å². The van der Waals surface area contributed by atoms with E-state index in [1.807, 2.05) is 13.0 Å². The standard InChI is InChI=1S/C17H29N3O/c1-7-21-16-9-8-15(10-13(16)4)11-19-17(18-6)20-14(5)12(2)3/h8-10,12,14H,7,11H2,1-6H3,(H2,18,19,20). The first kappa shape index (κ1) is 17.3. The summed E-state index contributed by atoms with van der Waals surface area (Å²) in [7, 11) is 1.80. The highest BCUT2D eigenvalue weighted by atomic mass is 16.5. The first-order valence-corrected chi connectivity index (χ1v) is 7.67. The van der Waals surface area contributed by atoms with E-state index in [0.717, 1.165) is 23.8 Å². The molecule has 4 nitrogen and oxygen atoms in total. The Kier molecular flexibility index (Phi) is 7.06. The maximum absolute atomic E-state index is 5.56. The van der Waals surface area contributed by atoms with Crippen LogP contribution in [0.4, 0.5) is 0 Å². The van der Waals surface area contributed by atoms with E-state index in [0.29, 0.717) is 18.6 Å². The third kappa shape index (κ3) is 5.66. The average molecular weight is 291 g/mol. The number of nitrogens with one attached hydrogen (secondary N) is 2. The van der Waals surface area contributed by atoms with E-state index >= 15 is 0 Å². The molecule has 4 heteroatoms. The lowest BCUT2D eigenvalue weighted by Gasteiger charge is -2.21. The summed E-state index contributed by atoms with van der Waals surface area (Å²) in [5.74, 6) is 2.36. The Labute approximate surface area is 129 Å². The number of nitrogens with zero attached hydrogens (tertiary/aromatic N) is 1. The summed E-state index contributed by atoms with van der Waals surface area (Å²) in [6.45, 7) is 12.1. The van der Waals surface area contributed by atoms with Crippen molar-refractivity contribution in [2.45, 2.75) is 47.2 Å². The first-order chi connectivity index (χ1) is 9.97. The molecule has 0 saturated carbocycles. The van der Waals surface area contributed by atoms with Crippen molar-refractivity contribution >= 4 is 5.96 Å². The third-order valence-electron chi connectivity index (χ3n) is 3.59. The van der Waals surface area contributed by atoms with Gasteiger partial charge >= 0.3 is 0 Å². The average Bonchev–Trinajstić information content (AvgIpc) is 2.45. The molecular weight excluding hydrogens is 262 g/mol. The second-order valence-electron chi connectivity index (χ2n) is 5.64. The molecule has 0 spiro atoms. The van der Waals surface area contributed by atoms with E-state index in [2.05, 4.69) is 55.5 Å². The van der Waals surface area contributed by atoms with E-state index in [1.54, 1.807) is 7.05 Å². The molecule has 0 aliphatic carbocycles. The van der Waals surface area contributed by atoms with Crippen molar-refractivity contribution in [3.05, 3.63) is 29.3 Å². The van der Waals surface area contributed by atoms with Gasteiger partial charge in [0.2, 0.25) is 0 Å². The minimum absolute atomic E-state index is 0.387. The van der Waals surface area contributed by atoms with Gasteiger partial charge in [0.15, 0.2) is 5.96 Å². The highest BCUT2D eigenvalue weighted by molar-refractivity contribution is 5.79. The summed E-state index contributed by atoms with van der Waals surface area (Å²) in [6, 6.07) is 6.66. The number of hydrogen-bond acceptors (Lipinski definition) is 2. The lowest BCUT2D eigenvalue weighted by molar-refractivity contribution is 0.338. The van der Waals surface area contributed by atoms with Crippen LogP contribution in [0.15, 0.2) is 23.2 Å². The predicted octanol–water partition coefficient (Wildman–Crippen LogP) is 3.10. The number of aliphatic imine (C=N–C) groups is 1. The minimum atomic E-state index is 0.387. The molecule has 0 saturated heterocycles. The molecule has 0 aromatic heterocycles. The zero-order valence-corrected chi connectivity index (χ0v) is 14.2. The molecule has 0 heterocycles. The Morgan fingerprint density at radius 3 is 2.52 bits per heavy atom. The molecule has 1 aromatic rings. The van der Waals surface area contributed by atoms with Crippen molar-refractivity contribution < 1.29 is 4.74 Å². The molecule has 1 aromatic carbocycles. The van der Waals surface area contributed by atoms with Gasteiger partial charge in [-0.25, -0.2) is 0 Å². The van der Waals surface area contributed by atoms with E-state index in [-0.39, 0.29) is 0 Å². The third-order valence-corrected chi connectivity index (χ3v) is 3.59. The maximum atomic E-state index is 5.56. The number of benzene rings is 1. The van der Waals surface area contributed by atoms with Crippen LogP contribution in [0.25, 0.3) is 0 Å². The molecule has 0 aliphatic rings. The number of rotatable bonds is 6. The lowest BCUT2D eigenvalue weighted by atomic mass is 10.1. The van der Waals surface area contributed by atoms with Crippen LogP contribution in [-0.2, 0) is 6.54 Å². The minimum Gasteiger partial charge on any atom is -0.494 e. The molecule has 1 atom stereocenters. The topological polar surface area (TPSA) is 45.6 Å². The van der Waals surface area contributed by atoms with Crippen LogP contribution in [0.1, 0.15) is 38.8 Å². The van der Waals surface area contributed by atoms with Crippen LogP contribution in [0, 0.1) is 12.8 Å². The Balaban J connectivity index is 2.59. The molecule has 21 heavy (non-hydrogen) atoms. The van der Waals surface area contributed by atoms with Crippen molar-refractivity contribution in [1.29, 1.82) is 0 Å². The summed E-state index contributed by atoms with van der Waals surface area (Å²) in [5, 5.41) is 6.75. The largest absolute Gasteiger partial charge is 0.494 e. The molecule has 1 unspecified atom stereocenters. The van der Waals surface area contributed by atoms with E-state index < -0.39 is 0 Å². The quantitative estimate of drug-likeness (QED) is 0.625. The summed E-state index contributed by atoms with van der Waals surface area (Å²) in [5.41, 5.74) is 2.38. The molecule has 0 bridgehead atoms. The summed E-state index contributed by atoms with van der Waals surface area (Å²) in [4.78, 5) is 4.26. The fourth-order valence-corrected chi connectivity index (χ4v) is 1.90. The molecule has 2 N–H and O–H groups in total.